The Labute approximate surface area is 235 Å². The normalized spacial score (nSPS) is 14.6. The van der Waals surface area contributed by atoms with Crippen molar-refractivity contribution in [1.29, 1.82) is 0 Å². The molecular formula is C29H27N5O7. The number of pyridine rings is 1. The first-order valence-electron chi connectivity index (χ1n) is 12.8. The smallest absolute Gasteiger partial charge is 0.339 e. The van der Waals surface area contributed by atoms with E-state index < -0.39 is 11.9 Å². The van der Waals surface area contributed by atoms with Crippen LogP contribution in [0.15, 0.2) is 65.2 Å². The van der Waals surface area contributed by atoms with Crippen molar-refractivity contribution >= 4 is 23.6 Å². The fourth-order valence-corrected chi connectivity index (χ4v) is 4.20. The van der Waals surface area contributed by atoms with Gasteiger partial charge in [-0.1, -0.05) is 0 Å². The Morgan fingerprint density at radius 1 is 1.02 bits per heavy atom. The van der Waals surface area contributed by atoms with E-state index in [2.05, 4.69) is 25.2 Å². The Morgan fingerprint density at radius 2 is 1.80 bits per heavy atom. The third-order valence-corrected chi connectivity index (χ3v) is 6.42. The monoisotopic (exact) mass is 557 g/mol. The standard InChI is InChI=1S/C29H27N5O7/c1-17-32-33-27(40-17)18-4-7-22(8-5-18)41-24-13-21(12-23(14-24)39-16-20-10-11-34(2)28(20)36)26(35)31-25-9-6-19(15-30-25)29(37)38-3/h4-9,12-15,20H,10-11,16H2,1-3H3,(H,30,31,35). The lowest BCUT2D eigenvalue weighted by molar-refractivity contribution is -0.130. The van der Waals surface area contributed by atoms with Crippen LogP contribution < -0.4 is 14.8 Å². The van der Waals surface area contributed by atoms with Crippen LogP contribution in [0.4, 0.5) is 5.82 Å². The second-order valence-electron chi connectivity index (χ2n) is 9.38. The highest BCUT2D eigenvalue weighted by molar-refractivity contribution is 6.04. The average Bonchev–Trinajstić information content (AvgIpc) is 3.56. The Bertz CT molecular complexity index is 1570. The van der Waals surface area contributed by atoms with E-state index in [1.54, 1.807) is 61.3 Å². The number of aromatic nitrogens is 3. The van der Waals surface area contributed by atoms with Crippen LogP contribution >= 0.6 is 0 Å². The molecule has 0 saturated carbocycles. The highest BCUT2D eigenvalue weighted by Crippen LogP contribution is 2.30. The van der Waals surface area contributed by atoms with Crippen LogP contribution in [-0.4, -0.2) is 65.2 Å². The molecule has 5 rings (SSSR count). The van der Waals surface area contributed by atoms with E-state index >= 15 is 0 Å². The van der Waals surface area contributed by atoms with Crippen molar-refractivity contribution in [3.63, 3.8) is 0 Å². The summed E-state index contributed by atoms with van der Waals surface area (Å²) >= 11 is 0. The quantitative estimate of drug-likeness (QED) is 0.298. The second kappa shape index (κ2) is 11.9. The van der Waals surface area contributed by atoms with Crippen molar-refractivity contribution in [3.05, 3.63) is 77.8 Å². The van der Waals surface area contributed by atoms with Crippen LogP contribution in [0.2, 0.25) is 0 Å². The molecule has 3 heterocycles. The molecule has 1 aliphatic heterocycles. The van der Waals surface area contributed by atoms with Crippen molar-refractivity contribution in [2.75, 3.05) is 32.6 Å². The fourth-order valence-electron chi connectivity index (χ4n) is 4.20. The molecule has 1 saturated heterocycles. The minimum atomic E-state index is -0.533. The van der Waals surface area contributed by atoms with Gasteiger partial charge in [-0.25, -0.2) is 9.78 Å². The van der Waals surface area contributed by atoms with Crippen molar-refractivity contribution in [2.45, 2.75) is 13.3 Å². The molecule has 12 nitrogen and oxygen atoms in total. The number of aryl methyl sites for hydroxylation is 1. The highest BCUT2D eigenvalue weighted by Gasteiger charge is 2.29. The van der Waals surface area contributed by atoms with Gasteiger partial charge in [-0.2, -0.15) is 0 Å². The summed E-state index contributed by atoms with van der Waals surface area (Å²) in [6.45, 7) is 2.55. The number of ether oxygens (including phenoxy) is 3. The van der Waals surface area contributed by atoms with Gasteiger partial charge in [0.15, 0.2) is 0 Å². The van der Waals surface area contributed by atoms with E-state index in [-0.39, 0.29) is 35.4 Å². The van der Waals surface area contributed by atoms with E-state index in [9.17, 15) is 14.4 Å². The zero-order valence-corrected chi connectivity index (χ0v) is 22.6. The number of hydrogen-bond acceptors (Lipinski definition) is 10. The molecule has 1 N–H and O–H groups in total. The SMILES string of the molecule is COC(=O)c1ccc(NC(=O)c2cc(OCC3CCN(C)C3=O)cc(Oc3ccc(-c4nnc(C)o4)cc3)c2)nc1. The summed E-state index contributed by atoms with van der Waals surface area (Å²) in [5.74, 6) is 1.05. The molecule has 2 aromatic carbocycles. The molecule has 12 heteroatoms. The van der Waals surface area contributed by atoms with Crippen molar-refractivity contribution in [2.24, 2.45) is 5.92 Å². The maximum atomic E-state index is 13.2. The third-order valence-electron chi connectivity index (χ3n) is 6.42. The third kappa shape index (κ3) is 6.49. The molecule has 1 fully saturated rings. The molecule has 2 amide bonds. The molecule has 1 unspecified atom stereocenters. The number of hydrogen-bond donors (Lipinski definition) is 1. The van der Waals surface area contributed by atoms with E-state index in [4.69, 9.17) is 13.9 Å². The van der Waals surface area contributed by atoms with Crippen LogP contribution in [0.25, 0.3) is 11.5 Å². The van der Waals surface area contributed by atoms with Gasteiger partial charge >= 0.3 is 5.97 Å². The Balaban J connectivity index is 1.36. The lowest BCUT2D eigenvalue weighted by Crippen LogP contribution is -2.25. The predicted molar refractivity (Wildman–Crippen MR) is 146 cm³/mol. The van der Waals surface area contributed by atoms with Crippen LogP contribution in [0.1, 0.15) is 33.0 Å². The molecule has 210 valence electrons. The molecule has 0 bridgehead atoms. The topological polar surface area (TPSA) is 146 Å². The lowest BCUT2D eigenvalue weighted by Gasteiger charge is -2.15. The molecule has 0 aliphatic carbocycles. The number of likely N-dealkylation sites (tertiary alicyclic amines) is 1. The number of benzene rings is 2. The minimum Gasteiger partial charge on any atom is -0.493 e. The number of carbonyl (C=O) groups is 3. The van der Waals surface area contributed by atoms with Crippen LogP contribution in [0.3, 0.4) is 0 Å². The van der Waals surface area contributed by atoms with E-state index in [1.807, 2.05) is 0 Å². The number of rotatable bonds is 9. The number of amides is 2. The van der Waals surface area contributed by atoms with E-state index in [1.165, 1.54) is 25.4 Å². The number of methoxy groups -OCH3 is 1. The Kier molecular flexibility index (Phi) is 7.90. The van der Waals surface area contributed by atoms with Crippen molar-refractivity contribution in [3.8, 4) is 28.7 Å². The molecule has 41 heavy (non-hydrogen) atoms. The molecular weight excluding hydrogens is 530 g/mol. The summed E-state index contributed by atoms with van der Waals surface area (Å²) in [4.78, 5) is 43.0. The fraction of sp³-hybridized carbons (Fsp3) is 0.241. The summed E-state index contributed by atoms with van der Waals surface area (Å²) in [6, 6.07) is 14.8. The Morgan fingerprint density at radius 3 is 2.44 bits per heavy atom. The van der Waals surface area contributed by atoms with Gasteiger partial charge < -0.3 is 28.8 Å². The van der Waals surface area contributed by atoms with Gasteiger partial charge in [-0.05, 0) is 55.0 Å². The van der Waals surface area contributed by atoms with E-state index in [0.29, 0.717) is 42.0 Å². The van der Waals surface area contributed by atoms with Gasteiger partial charge in [0.05, 0.1) is 25.2 Å². The number of nitrogens with zero attached hydrogens (tertiary/aromatic N) is 4. The maximum Gasteiger partial charge on any atom is 0.339 e. The number of esters is 1. The minimum absolute atomic E-state index is 0.0216. The van der Waals surface area contributed by atoms with Crippen molar-refractivity contribution < 1.29 is 33.0 Å². The molecule has 0 radical (unpaired) electrons. The molecule has 4 aromatic rings. The summed E-state index contributed by atoms with van der Waals surface area (Å²) < 4.78 is 22.1. The first kappa shape index (κ1) is 27.3. The van der Waals surface area contributed by atoms with Gasteiger partial charge in [0, 0.05) is 43.9 Å². The summed E-state index contributed by atoms with van der Waals surface area (Å²) in [6.07, 6.45) is 2.00. The average molecular weight is 558 g/mol. The van der Waals surface area contributed by atoms with Crippen LogP contribution in [0, 0.1) is 12.8 Å². The number of nitrogens with one attached hydrogen (secondary N) is 1. The zero-order chi connectivity index (χ0) is 28.9. The van der Waals surface area contributed by atoms with E-state index in [0.717, 1.165) is 5.56 Å². The maximum absolute atomic E-state index is 13.2. The lowest BCUT2D eigenvalue weighted by atomic mass is 10.1. The molecule has 2 aromatic heterocycles. The zero-order valence-electron chi connectivity index (χ0n) is 22.6. The Hall–Kier alpha value is -5.26. The molecule has 0 spiro atoms. The van der Waals surface area contributed by atoms with Gasteiger partial charge in [0.25, 0.3) is 5.91 Å². The van der Waals surface area contributed by atoms with Crippen LogP contribution in [0.5, 0.6) is 17.2 Å². The first-order valence-corrected chi connectivity index (χ1v) is 12.8. The predicted octanol–water partition coefficient (Wildman–Crippen LogP) is 4.13. The molecule has 1 aliphatic rings. The van der Waals surface area contributed by atoms with Gasteiger partial charge in [0.1, 0.15) is 23.1 Å². The summed E-state index contributed by atoms with van der Waals surface area (Å²) in [5, 5.41) is 10.6. The number of anilines is 1. The van der Waals surface area contributed by atoms with Crippen LogP contribution in [-0.2, 0) is 9.53 Å². The number of carbonyl (C=O) groups excluding carboxylic acids is 3. The van der Waals surface area contributed by atoms with Gasteiger partial charge in [-0.3, -0.25) is 9.59 Å². The summed E-state index contributed by atoms with van der Waals surface area (Å²) in [7, 11) is 3.03. The summed E-state index contributed by atoms with van der Waals surface area (Å²) in [5.41, 5.74) is 1.22. The second-order valence-corrected chi connectivity index (χ2v) is 9.38. The van der Waals surface area contributed by atoms with Crippen molar-refractivity contribution in [1.82, 2.24) is 20.1 Å². The van der Waals surface area contributed by atoms with Gasteiger partial charge in [0.2, 0.25) is 17.7 Å². The first-order chi connectivity index (χ1) is 19.8. The molecule has 1 atom stereocenters. The largest absolute Gasteiger partial charge is 0.493 e. The van der Waals surface area contributed by atoms with Gasteiger partial charge in [-0.15, -0.1) is 10.2 Å². The highest BCUT2D eigenvalue weighted by atomic mass is 16.5.